The van der Waals surface area contributed by atoms with Crippen LogP contribution in [0, 0.1) is 0 Å². The second-order valence-corrected chi connectivity index (χ2v) is 6.06. The van der Waals surface area contributed by atoms with E-state index in [4.69, 9.17) is 5.73 Å². The molecule has 0 fully saturated rings. The zero-order chi connectivity index (χ0) is 16.3. The molecule has 0 aliphatic rings. The number of hydrogen-bond acceptors (Lipinski definition) is 4. The Labute approximate surface area is 128 Å². The van der Waals surface area contributed by atoms with E-state index in [1.165, 1.54) is 0 Å². The number of primary amides is 1. The number of aromatic hydroxyl groups is 1. The first kappa shape index (κ1) is 16.0. The molecule has 0 atom stereocenters. The third-order valence-electron chi connectivity index (χ3n) is 3.16. The molecule has 0 bridgehead atoms. The number of urea groups is 1. The van der Waals surface area contributed by atoms with Crippen molar-refractivity contribution in [2.45, 2.75) is 32.9 Å². The van der Waals surface area contributed by atoms with Crippen LogP contribution in [0.1, 0.15) is 20.8 Å². The van der Waals surface area contributed by atoms with Gasteiger partial charge in [0.2, 0.25) is 5.88 Å². The lowest BCUT2D eigenvalue weighted by molar-refractivity contribution is 0.255. The molecule has 1 heterocycles. The molecule has 1 aromatic carbocycles. The van der Waals surface area contributed by atoms with Gasteiger partial charge in [-0.15, -0.1) is 5.11 Å². The highest BCUT2D eigenvalue weighted by molar-refractivity contribution is 5.95. The average molecular weight is 303 g/mol. The van der Waals surface area contributed by atoms with Gasteiger partial charge in [-0.3, -0.25) is 0 Å². The van der Waals surface area contributed by atoms with E-state index in [1.807, 2.05) is 24.3 Å². The molecule has 118 valence electrons. The van der Waals surface area contributed by atoms with Crippen LogP contribution in [0.25, 0.3) is 10.9 Å². The van der Waals surface area contributed by atoms with Crippen LogP contribution in [0.3, 0.4) is 0 Å². The third-order valence-corrected chi connectivity index (χ3v) is 3.16. The SMILES string of the molecule is CC(C)(C)NCCn1c(O)c(N=NC(N)=O)c2ccccc21. The lowest BCUT2D eigenvalue weighted by atomic mass is 10.1. The zero-order valence-corrected chi connectivity index (χ0v) is 13.0. The number of azo groups is 1. The van der Waals surface area contributed by atoms with Gasteiger partial charge in [-0.05, 0) is 26.8 Å². The molecule has 0 unspecified atom stereocenters. The topological polar surface area (TPSA) is 105 Å². The van der Waals surface area contributed by atoms with Crippen molar-refractivity contribution < 1.29 is 9.90 Å². The van der Waals surface area contributed by atoms with Gasteiger partial charge < -0.3 is 20.7 Å². The molecule has 7 nitrogen and oxygen atoms in total. The summed E-state index contributed by atoms with van der Waals surface area (Å²) in [7, 11) is 0. The summed E-state index contributed by atoms with van der Waals surface area (Å²) in [6, 6.07) is 6.52. The maximum absolute atomic E-state index is 10.8. The lowest BCUT2D eigenvalue weighted by Gasteiger charge is -2.21. The standard InChI is InChI=1S/C15H21N5O2/c1-15(2,3)17-8-9-20-11-7-5-4-6-10(11)12(13(20)21)18-19-14(16)22/h4-7,17,21H,8-9H2,1-3H3,(H2,16,22). The van der Waals surface area contributed by atoms with Crippen LogP contribution >= 0.6 is 0 Å². The fourth-order valence-electron chi connectivity index (χ4n) is 2.24. The molecule has 0 radical (unpaired) electrons. The molecule has 2 aromatic rings. The van der Waals surface area contributed by atoms with Crippen molar-refractivity contribution in [3.8, 4) is 5.88 Å². The number of carbonyl (C=O) groups is 1. The van der Waals surface area contributed by atoms with Gasteiger partial charge in [-0.1, -0.05) is 23.3 Å². The Hall–Kier alpha value is -2.41. The number of nitrogens with zero attached hydrogens (tertiary/aromatic N) is 3. The summed E-state index contributed by atoms with van der Waals surface area (Å²) in [5.74, 6) is -0.0260. The van der Waals surface area contributed by atoms with E-state index in [0.717, 1.165) is 10.9 Å². The molecule has 4 N–H and O–H groups in total. The van der Waals surface area contributed by atoms with Crippen LogP contribution in [0.4, 0.5) is 10.5 Å². The predicted octanol–water partition coefficient (Wildman–Crippen LogP) is 2.90. The maximum atomic E-state index is 10.8. The second kappa shape index (κ2) is 6.15. The molecular formula is C15H21N5O2. The van der Waals surface area contributed by atoms with Crippen molar-refractivity contribution in [1.29, 1.82) is 0 Å². The smallest absolute Gasteiger partial charge is 0.356 e. The minimum absolute atomic E-state index is 0.00686. The number of para-hydroxylation sites is 1. The molecule has 1 aromatic heterocycles. The maximum Gasteiger partial charge on any atom is 0.356 e. The van der Waals surface area contributed by atoms with Crippen molar-refractivity contribution in [2.75, 3.05) is 6.54 Å². The normalized spacial score (nSPS) is 12.3. The molecule has 22 heavy (non-hydrogen) atoms. The van der Waals surface area contributed by atoms with Crippen LogP contribution < -0.4 is 11.1 Å². The largest absolute Gasteiger partial charge is 0.493 e. The van der Waals surface area contributed by atoms with Gasteiger partial charge in [0.05, 0.1) is 5.52 Å². The number of aromatic nitrogens is 1. The van der Waals surface area contributed by atoms with Gasteiger partial charge in [0, 0.05) is 24.0 Å². The van der Waals surface area contributed by atoms with E-state index in [1.54, 1.807) is 4.57 Å². The van der Waals surface area contributed by atoms with E-state index in [-0.39, 0.29) is 17.1 Å². The number of nitrogens with two attached hydrogens (primary N) is 1. The summed E-state index contributed by atoms with van der Waals surface area (Å²) >= 11 is 0. The summed E-state index contributed by atoms with van der Waals surface area (Å²) in [5.41, 5.74) is 6.05. The van der Waals surface area contributed by atoms with Crippen LogP contribution in [-0.4, -0.2) is 27.8 Å². The fraction of sp³-hybridized carbons (Fsp3) is 0.400. The van der Waals surface area contributed by atoms with Crippen LogP contribution in [0.5, 0.6) is 5.88 Å². The van der Waals surface area contributed by atoms with Crippen molar-refractivity contribution in [3.05, 3.63) is 24.3 Å². The Bertz CT molecular complexity index is 713. The van der Waals surface area contributed by atoms with E-state index >= 15 is 0 Å². The Morgan fingerprint density at radius 2 is 2.05 bits per heavy atom. The number of benzene rings is 1. The Morgan fingerprint density at radius 3 is 2.68 bits per heavy atom. The van der Waals surface area contributed by atoms with E-state index in [2.05, 4.69) is 36.3 Å². The minimum Gasteiger partial charge on any atom is -0.493 e. The molecule has 7 heteroatoms. The molecule has 0 aliphatic heterocycles. The molecular weight excluding hydrogens is 282 g/mol. The molecule has 0 spiro atoms. The predicted molar refractivity (Wildman–Crippen MR) is 85.5 cm³/mol. The van der Waals surface area contributed by atoms with Crippen LogP contribution in [0.2, 0.25) is 0 Å². The highest BCUT2D eigenvalue weighted by Crippen LogP contribution is 2.38. The Morgan fingerprint density at radius 1 is 1.36 bits per heavy atom. The van der Waals surface area contributed by atoms with E-state index in [9.17, 15) is 9.90 Å². The van der Waals surface area contributed by atoms with Gasteiger partial charge in [0.1, 0.15) is 0 Å². The molecule has 2 rings (SSSR count). The first-order chi connectivity index (χ1) is 10.3. The lowest BCUT2D eigenvalue weighted by Crippen LogP contribution is -2.37. The van der Waals surface area contributed by atoms with Crippen LogP contribution in [-0.2, 0) is 6.54 Å². The number of amides is 2. The van der Waals surface area contributed by atoms with Crippen molar-refractivity contribution in [3.63, 3.8) is 0 Å². The number of carbonyl (C=O) groups excluding carboxylic acids is 1. The monoisotopic (exact) mass is 303 g/mol. The van der Waals surface area contributed by atoms with Gasteiger partial charge in [-0.2, -0.15) is 0 Å². The summed E-state index contributed by atoms with van der Waals surface area (Å²) in [4.78, 5) is 10.8. The zero-order valence-electron chi connectivity index (χ0n) is 13.0. The van der Waals surface area contributed by atoms with Crippen molar-refractivity contribution in [1.82, 2.24) is 9.88 Å². The first-order valence-electron chi connectivity index (χ1n) is 7.06. The second-order valence-electron chi connectivity index (χ2n) is 6.06. The van der Waals surface area contributed by atoms with E-state index < -0.39 is 6.03 Å². The third kappa shape index (κ3) is 3.62. The van der Waals surface area contributed by atoms with Gasteiger partial charge in [0.15, 0.2) is 5.69 Å². The molecule has 0 aliphatic carbocycles. The number of fused-ring (bicyclic) bond motifs is 1. The fourth-order valence-corrected chi connectivity index (χ4v) is 2.24. The molecule has 2 amide bonds. The molecule has 0 saturated carbocycles. The quantitative estimate of drug-likeness (QED) is 0.756. The van der Waals surface area contributed by atoms with Crippen LogP contribution in [0.15, 0.2) is 34.5 Å². The summed E-state index contributed by atoms with van der Waals surface area (Å²) < 4.78 is 1.74. The summed E-state index contributed by atoms with van der Waals surface area (Å²) in [6.45, 7) is 7.48. The highest BCUT2D eigenvalue weighted by Gasteiger charge is 2.17. The minimum atomic E-state index is -0.898. The highest BCUT2D eigenvalue weighted by atomic mass is 16.3. The number of hydrogen-bond donors (Lipinski definition) is 3. The van der Waals surface area contributed by atoms with Gasteiger partial charge in [0.25, 0.3) is 0 Å². The number of nitrogens with one attached hydrogen (secondary N) is 1. The Balaban J connectivity index is 2.37. The summed E-state index contributed by atoms with van der Waals surface area (Å²) in [6.07, 6.45) is 0. The summed E-state index contributed by atoms with van der Waals surface area (Å²) in [5, 5.41) is 21.6. The van der Waals surface area contributed by atoms with E-state index in [0.29, 0.717) is 13.1 Å². The Kier molecular flexibility index (Phi) is 4.46. The molecule has 0 saturated heterocycles. The van der Waals surface area contributed by atoms with Gasteiger partial charge >= 0.3 is 6.03 Å². The first-order valence-corrected chi connectivity index (χ1v) is 7.06. The number of rotatable bonds is 4. The van der Waals surface area contributed by atoms with Gasteiger partial charge in [-0.25, -0.2) is 4.79 Å². The van der Waals surface area contributed by atoms with Crippen molar-refractivity contribution >= 4 is 22.6 Å². The average Bonchev–Trinajstić information content (AvgIpc) is 2.68. The van der Waals surface area contributed by atoms with Crippen molar-refractivity contribution in [2.24, 2.45) is 16.0 Å².